The van der Waals surface area contributed by atoms with Gasteiger partial charge in [-0.2, -0.15) is 0 Å². The van der Waals surface area contributed by atoms with Crippen LogP contribution in [0.2, 0.25) is 0 Å². The van der Waals surface area contributed by atoms with Gasteiger partial charge in [-0.1, -0.05) is 13.3 Å². The van der Waals surface area contributed by atoms with Gasteiger partial charge in [0.2, 0.25) is 0 Å². The Bertz CT molecular complexity index is 202. The molecular weight excluding hydrogens is 216 g/mol. The van der Waals surface area contributed by atoms with Crippen LogP contribution in [0.25, 0.3) is 0 Å². The van der Waals surface area contributed by atoms with E-state index in [-0.39, 0.29) is 6.10 Å². The number of likely N-dealkylation sites (N-methyl/N-ethyl adjacent to an activating group) is 1. The number of rotatable bonds is 8. The summed E-state index contributed by atoms with van der Waals surface area (Å²) in [6.07, 6.45) is 3.57. The largest absolute Gasteiger partial charge is 0.389 e. The Morgan fingerprint density at radius 3 is 2.88 bits per heavy atom. The molecule has 0 saturated heterocycles. The fraction of sp³-hybridized carbons (Fsp3) is 1.00. The van der Waals surface area contributed by atoms with E-state index in [4.69, 9.17) is 4.74 Å². The Morgan fingerprint density at radius 2 is 2.24 bits per heavy atom. The number of nitrogens with zero attached hydrogens (tertiary/aromatic N) is 1. The molecule has 0 bridgehead atoms. The van der Waals surface area contributed by atoms with Gasteiger partial charge in [-0.15, -0.1) is 0 Å². The third kappa shape index (κ3) is 5.34. The molecule has 0 aromatic carbocycles. The molecule has 0 aromatic rings. The van der Waals surface area contributed by atoms with E-state index >= 15 is 0 Å². The molecule has 1 fully saturated rings. The SMILES string of the molecule is CCNC1CCCC1CN(C)CC(O)COC. The lowest BCUT2D eigenvalue weighted by Gasteiger charge is -2.27. The zero-order chi connectivity index (χ0) is 12.7. The fourth-order valence-electron chi connectivity index (χ4n) is 2.87. The summed E-state index contributed by atoms with van der Waals surface area (Å²) in [7, 11) is 3.71. The number of nitrogens with one attached hydrogen (secondary N) is 1. The summed E-state index contributed by atoms with van der Waals surface area (Å²) in [6, 6.07) is 0.669. The minimum Gasteiger partial charge on any atom is -0.389 e. The molecule has 1 saturated carbocycles. The summed E-state index contributed by atoms with van der Waals surface area (Å²) in [6.45, 7) is 5.41. The maximum atomic E-state index is 9.68. The number of hydrogen-bond donors (Lipinski definition) is 2. The van der Waals surface area contributed by atoms with E-state index in [1.165, 1.54) is 19.3 Å². The first kappa shape index (κ1) is 14.9. The Kier molecular flexibility index (Phi) is 7.04. The van der Waals surface area contributed by atoms with Crippen LogP contribution < -0.4 is 5.32 Å². The third-order valence-corrected chi connectivity index (χ3v) is 3.55. The van der Waals surface area contributed by atoms with Crippen LogP contribution in [0.4, 0.5) is 0 Å². The molecule has 0 aromatic heterocycles. The van der Waals surface area contributed by atoms with Crippen molar-refractivity contribution in [3.63, 3.8) is 0 Å². The number of aliphatic hydroxyl groups is 1. The third-order valence-electron chi connectivity index (χ3n) is 3.55. The van der Waals surface area contributed by atoms with E-state index in [0.29, 0.717) is 19.2 Å². The highest BCUT2D eigenvalue weighted by Gasteiger charge is 2.27. The zero-order valence-electron chi connectivity index (χ0n) is 11.5. The second-order valence-corrected chi connectivity index (χ2v) is 5.19. The predicted molar refractivity (Wildman–Crippen MR) is 70.2 cm³/mol. The van der Waals surface area contributed by atoms with Crippen molar-refractivity contribution in [3.05, 3.63) is 0 Å². The van der Waals surface area contributed by atoms with Crippen LogP contribution in [-0.2, 0) is 4.74 Å². The first-order chi connectivity index (χ1) is 8.17. The van der Waals surface area contributed by atoms with E-state index < -0.39 is 0 Å². The molecular formula is C13H28N2O2. The topological polar surface area (TPSA) is 44.7 Å². The molecule has 17 heavy (non-hydrogen) atoms. The monoisotopic (exact) mass is 244 g/mol. The molecule has 3 atom stereocenters. The van der Waals surface area contributed by atoms with Gasteiger partial charge in [-0.25, -0.2) is 0 Å². The summed E-state index contributed by atoms with van der Waals surface area (Å²) in [5, 5.41) is 13.2. The normalized spacial score (nSPS) is 26.6. The number of ether oxygens (including phenoxy) is 1. The van der Waals surface area contributed by atoms with Crippen LogP contribution >= 0.6 is 0 Å². The molecule has 1 rings (SSSR count). The number of hydrogen-bond acceptors (Lipinski definition) is 4. The van der Waals surface area contributed by atoms with Crippen LogP contribution in [0.1, 0.15) is 26.2 Å². The summed E-state index contributed by atoms with van der Waals surface area (Å²) >= 11 is 0. The molecule has 102 valence electrons. The summed E-state index contributed by atoms with van der Waals surface area (Å²) < 4.78 is 4.95. The Morgan fingerprint density at radius 1 is 1.47 bits per heavy atom. The maximum Gasteiger partial charge on any atom is 0.0899 e. The van der Waals surface area contributed by atoms with Crippen molar-refractivity contribution in [3.8, 4) is 0 Å². The van der Waals surface area contributed by atoms with Gasteiger partial charge in [0.1, 0.15) is 0 Å². The van der Waals surface area contributed by atoms with E-state index in [2.05, 4.69) is 24.2 Å². The molecule has 1 aliphatic carbocycles. The van der Waals surface area contributed by atoms with Crippen LogP contribution in [-0.4, -0.2) is 62.6 Å². The minimum atomic E-state index is -0.371. The highest BCUT2D eigenvalue weighted by atomic mass is 16.5. The van der Waals surface area contributed by atoms with Gasteiger partial charge in [-0.05, 0) is 32.4 Å². The second kappa shape index (κ2) is 8.03. The van der Waals surface area contributed by atoms with E-state index in [1.54, 1.807) is 7.11 Å². The standard InChI is InChI=1S/C13H28N2O2/c1-4-14-13-7-5-6-11(13)8-15(2)9-12(16)10-17-3/h11-14,16H,4-10H2,1-3H3. The highest BCUT2D eigenvalue weighted by Crippen LogP contribution is 2.26. The summed E-state index contributed by atoms with van der Waals surface area (Å²) in [5.74, 6) is 0.731. The number of methoxy groups -OCH3 is 1. The minimum absolute atomic E-state index is 0.371. The molecule has 3 unspecified atom stereocenters. The average Bonchev–Trinajstić information content (AvgIpc) is 2.66. The van der Waals surface area contributed by atoms with Crippen LogP contribution in [0.5, 0.6) is 0 Å². The maximum absolute atomic E-state index is 9.68. The van der Waals surface area contributed by atoms with Gasteiger partial charge in [0.25, 0.3) is 0 Å². The van der Waals surface area contributed by atoms with Gasteiger partial charge in [0, 0.05) is 26.2 Å². The lowest BCUT2D eigenvalue weighted by molar-refractivity contribution is 0.0397. The van der Waals surface area contributed by atoms with Crippen LogP contribution in [0, 0.1) is 5.92 Å². The zero-order valence-corrected chi connectivity index (χ0v) is 11.5. The van der Waals surface area contributed by atoms with Crippen LogP contribution in [0.3, 0.4) is 0 Å². The molecule has 0 amide bonds. The van der Waals surface area contributed by atoms with Crippen molar-refractivity contribution in [2.75, 3.05) is 40.4 Å². The summed E-state index contributed by atoms with van der Waals surface area (Å²) in [5.41, 5.74) is 0. The van der Waals surface area contributed by atoms with E-state index in [0.717, 1.165) is 19.0 Å². The quantitative estimate of drug-likeness (QED) is 0.660. The van der Waals surface area contributed by atoms with Gasteiger partial charge < -0.3 is 20.1 Å². The lowest BCUT2D eigenvalue weighted by Crippen LogP contribution is -2.40. The van der Waals surface area contributed by atoms with Crippen LogP contribution in [0.15, 0.2) is 0 Å². The van der Waals surface area contributed by atoms with Gasteiger partial charge in [0.15, 0.2) is 0 Å². The van der Waals surface area contributed by atoms with Crippen molar-refractivity contribution in [1.82, 2.24) is 10.2 Å². The van der Waals surface area contributed by atoms with Crippen molar-refractivity contribution in [2.24, 2.45) is 5.92 Å². The first-order valence-electron chi connectivity index (χ1n) is 6.76. The molecule has 0 heterocycles. The molecule has 2 N–H and O–H groups in total. The van der Waals surface area contributed by atoms with Crippen molar-refractivity contribution >= 4 is 0 Å². The first-order valence-corrected chi connectivity index (χ1v) is 6.76. The Balaban J connectivity index is 2.26. The predicted octanol–water partition coefficient (Wildman–Crippen LogP) is 0.704. The molecule has 4 nitrogen and oxygen atoms in total. The molecule has 0 radical (unpaired) electrons. The summed E-state index contributed by atoms with van der Waals surface area (Å²) in [4.78, 5) is 2.23. The van der Waals surface area contributed by atoms with Crippen molar-refractivity contribution < 1.29 is 9.84 Å². The Labute approximate surface area is 105 Å². The molecule has 4 heteroatoms. The fourth-order valence-corrected chi connectivity index (χ4v) is 2.87. The van der Waals surface area contributed by atoms with E-state index in [1.807, 2.05) is 0 Å². The molecule has 0 spiro atoms. The molecule has 0 aliphatic heterocycles. The smallest absolute Gasteiger partial charge is 0.0899 e. The van der Waals surface area contributed by atoms with Crippen molar-refractivity contribution in [1.29, 1.82) is 0 Å². The average molecular weight is 244 g/mol. The highest BCUT2D eigenvalue weighted by molar-refractivity contribution is 4.84. The van der Waals surface area contributed by atoms with Gasteiger partial charge in [0.05, 0.1) is 12.7 Å². The van der Waals surface area contributed by atoms with Crippen molar-refractivity contribution in [2.45, 2.75) is 38.3 Å². The lowest BCUT2D eigenvalue weighted by atomic mass is 10.0. The van der Waals surface area contributed by atoms with Gasteiger partial charge in [-0.3, -0.25) is 0 Å². The van der Waals surface area contributed by atoms with Gasteiger partial charge >= 0.3 is 0 Å². The van der Waals surface area contributed by atoms with E-state index in [9.17, 15) is 5.11 Å². The Hall–Kier alpha value is -0.160. The second-order valence-electron chi connectivity index (χ2n) is 5.19. The number of aliphatic hydroxyl groups excluding tert-OH is 1. The molecule has 1 aliphatic rings.